The summed E-state index contributed by atoms with van der Waals surface area (Å²) in [6, 6.07) is 2.95. The lowest BCUT2D eigenvalue weighted by molar-refractivity contribution is -0.153. The highest BCUT2D eigenvalue weighted by Crippen LogP contribution is 2.51. The number of benzene rings is 1. The van der Waals surface area contributed by atoms with Gasteiger partial charge < -0.3 is 14.8 Å². The number of nitrogens with one attached hydrogen (secondary N) is 2. The van der Waals surface area contributed by atoms with Crippen molar-refractivity contribution in [3.63, 3.8) is 0 Å². The predicted molar refractivity (Wildman–Crippen MR) is 95.7 cm³/mol. The summed E-state index contributed by atoms with van der Waals surface area (Å²) in [5.41, 5.74) is -0.972. The number of aromatic hydroxyl groups is 1. The number of ether oxygens (including phenoxy) is 1. The lowest BCUT2D eigenvalue weighted by Crippen LogP contribution is -2.57. The number of aromatic amines is 1. The number of hydrogen-bond donors (Lipinski definition) is 3. The van der Waals surface area contributed by atoms with Crippen LogP contribution in [0.4, 0.5) is 4.39 Å². The van der Waals surface area contributed by atoms with Gasteiger partial charge in [0.05, 0.1) is 25.3 Å². The van der Waals surface area contributed by atoms with E-state index in [2.05, 4.69) is 15.3 Å². The van der Waals surface area contributed by atoms with Crippen molar-refractivity contribution in [2.24, 2.45) is 11.8 Å². The van der Waals surface area contributed by atoms with Crippen LogP contribution in [0.25, 0.3) is 0 Å². The molecule has 0 unspecified atom stereocenters. The zero-order valence-electron chi connectivity index (χ0n) is 15.7. The van der Waals surface area contributed by atoms with Crippen molar-refractivity contribution in [3.8, 4) is 5.75 Å². The molecule has 4 atom stereocenters. The van der Waals surface area contributed by atoms with Crippen LogP contribution in [-0.2, 0) is 25.5 Å². The first-order chi connectivity index (χ1) is 13.8. The van der Waals surface area contributed by atoms with Crippen molar-refractivity contribution in [2.75, 3.05) is 14.2 Å². The molecule has 2 aliphatic rings. The van der Waals surface area contributed by atoms with E-state index in [0.29, 0.717) is 5.69 Å². The highest BCUT2D eigenvalue weighted by atomic mass is 19.1. The third-order valence-electron chi connectivity index (χ3n) is 5.80. The maximum atomic E-state index is 14.0. The molecule has 3 N–H and O–H groups in total. The Bertz CT molecular complexity index is 994. The Morgan fingerprint density at radius 2 is 2.14 bits per heavy atom. The van der Waals surface area contributed by atoms with E-state index in [1.54, 1.807) is 0 Å². The molecule has 9 nitrogen and oxygen atoms in total. The number of imide groups is 1. The quantitative estimate of drug-likeness (QED) is 0.496. The monoisotopic (exact) mass is 402 g/mol. The molecule has 2 aliphatic heterocycles. The van der Waals surface area contributed by atoms with Crippen LogP contribution < -0.4 is 5.32 Å². The molecule has 4 rings (SSSR count). The third-order valence-corrected chi connectivity index (χ3v) is 5.80. The second-order valence-corrected chi connectivity index (χ2v) is 7.26. The number of para-hydroxylation sites is 1. The minimum atomic E-state index is -1.60. The second-order valence-electron chi connectivity index (χ2n) is 7.26. The van der Waals surface area contributed by atoms with Gasteiger partial charge in [-0.05, 0) is 6.07 Å². The summed E-state index contributed by atoms with van der Waals surface area (Å²) in [6.07, 6.45) is 2.91. The molecule has 2 aromatic rings. The van der Waals surface area contributed by atoms with E-state index in [-0.39, 0.29) is 12.0 Å². The summed E-state index contributed by atoms with van der Waals surface area (Å²) in [5.74, 6) is -5.41. The number of esters is 1. The van der Waals surface area contributed by atoms with Gasteiger partial charge in [-0.3, -0.25) is 24.6 Å². The van der Waals surface area contributed by atoms with Crippen LogP contribution in [0.15, 0.2) is 30.7 Å². The normalized spacial score (nSPS) is 28.7. The number of likely N-dealkylation sites (tertiary alicyclic amines) is 1. The number of carbonyl (C=O) groups excluding carboxylic acids is 3. The van der Waals surface area contributed by atoms with E-state index < -0.39 is 52.8 Å². The lowest BCUT2D eigenvalue weighted by atomic mass is 9.77. The first-order valence-electron chi connectivity index (χ1n) is 8.94. The minimum Gasteiger partial charge on any atom is -0.505 e. The fourth-order valence-electron chi connectivity index (χ4n) is 4.48. The molecular weight excluding hydrogens is 383 g/mol. The van der Waals surface area contributed by atoms with Gasteiger partial charge in [0.2, 0.25) is 11.8 Å². The molecule has 0 saturated carbocycles. The molecule has 0 radical (unpaired) electrons. The van der Waals surface area contributed by atoms with Gasteiger partial charge in [0, 0.05) is 37.0 Å². The fraction of sp³-hybridized carbons (Fsp3) is 0.368. The molecule has 2 amide bonds. The number of nitrogens with zero attached hydrogens (tertiary/aromatic N) is 2. The summed E-state index contributed by atoms with van der Waals surface area (Å²) in [7, 11) is 2.52. The van der Waals surface area contributed by atoms with E-state index in [0.717, 1.165) is 11.0 Å². The van der Waals surface area contributed by atoms with E-state index in [1.165, 1.54) is 38.8 Å². The van der Waals surface area contributed by atoms with Gasteiger partial charge in [-0.25, -0.2) is 9.37 Å². The van der Waals surface area contributed by atoms with Crippen LogP contribution in [0.3, 0.4) is 0 Å². The van der Waals surface area contributed by atoms with Gasteiger partial charge in [0.1, 0.15) is 5.54 Å². The highest BCUT2D eigenvalue weighted by molar-refractivity contribution is 6.09. The van der Waals surface area contributed by atoms with Crippen LogP contribution in [0, 0.1) is 17.7 Å². The Morgan fingerprint density at radius 3 is 2.79 bits per heavy atom. The molecule has 10 heteroatoms. The first-order valence-corrected chi connectivity index (χ1v) is 8.94. The van der Waals surface area contributed by atoms with Crippen LogP contribution in [-0.4, -0.2) is 57.5 Å². The summed E-state index contributed by atoms with van der Waals surface area (Å²) >= 11 is 0. The van der Waals surface area contributed by atoms with Crippen LogP contribution in [0.2, 0.25) is 0 Å². The molecule has 3 heterocycles. The Kier molecular flexibility index (Phi) is 4.38. The Morgan fingerprint density at radius 1 is 1.38 bits per heavy atom. The molecule has 1 aromatic carbocycles. The molecule has 0 spiro atoms. The van der Waals surface area contributed by atoms with Crippen molar-refractivity contribution in [3.05, 3.63) is 47.8 Å². The number of carbonyl (C=O) groups is 3. The molecule has 29 heavy (non-hydrogen) atoms. The lowest BCUT2D eigenvalue weighted by Gasteiger charge is -2.31. The Labute approximate surface area is 164 Å². The Hall–Kier alpha value is -3.27. The predicted octanol–water partition coefficient (Wildman–Crippen LogP) is 0.284. The summed E-state index contributed by atoms with van der Waals surface area (Å²) in [5, 5.41) is 13.3. The number of fused-ring (bicyclic) bond motifs is 1. The van der Waals surface area contributed by atoms with E-state index in [9.17, 15) is 23.9 Å². The largest absolute Gasteiger partial charge is 0.505 e. The number of amides is 2. The molecule has 0 bridgehead atoms. The van der Waals surface area contributed by atoms with E-state index in [4.69, 9.17) is 4.74 Å². The maximum absolute atomic E-state index is 14.0. The third kappa shape index (κ3) is 2.63. The van der Waals surface area contributed by atoms with Crippen molar-refractivity contribution < 1.29 is 28.6 Å². The molecule has 2 saturated heterocycles. The molecular formula is C19H19FN4O5. The zero-order valence-corrected chi connectivity index (χ0v) is 15.7. The second kappa shape index (κ2) is 6.66. The smallest absolute Gasteiger partial charge is 0.327 e. The summed E-state index contributed by atoms with van der Waals surface area (Å²) in [6.45, 7) is 0. The van der Waals surface area contributed by atoms with Crippen molar-refractivity contribution >= 4 is 17.8 Å². The molecule has 152 valence electrons. The SMILES string of the molecule is COC(=O)[C@]1(Cc2cnc[nH]2)N[C@H](c2cccc(F)c2O)[C@@H]2C(=O)N(C)C(=O)[C@@H]21. The summed E-state index contributed by atoms with van der Waals surface area (Å²) in [4.78, 5) is 46.6. The average molecular weight is 402 g/mol. The number of H-pyrrole nitrogens is 1. The standard InChI is InChI=1S/C19H19FN4O5/c1-24-16(26)12-13(17(24)27)19(18(28)29-2,6-9-7-21-8-22-9)23-14(12)10-4-3-5-11(20)15(10)25/h3-5,7-8,12-14,23,25H,6H2,1-2H3,(H,21,22)/t12-,13-,14-,19-/m1/s1. The van der Waals surface area contributed by atoms with Crippen LogP contribution in [0.5, 0.6) is 5.75 Å². The topological polar surface area (TPSA) is 125 Å². The van der Waals surface area contributed by atoms with Gasteiger partial charge in [-0.2, -0.15) is 0 Å². The maximum Gasteiger partial charge on any atom is 0.327 e. The van der Waals surface area contributed by atoms with Gasteiger partial charge in [-0.1, -0.05) is 12.1 Å². The fourth-order valence-corrected chi connectivity index (χ4v) is 4.48. The first kappa shape index (κ1) is 19.1. The average Bonchev–Trinajstić information content (AvgIpc) is 3.39. The molecule has 1 aromatic heterocycles. The van der Waals surface area contributed by atoms with Crippen LogP contribution in [0.1, 0.15) is 17.3 Å². The number of rotatable bonds is 4. The van der Waals surface area contributed by atoms with Gasteiger partial charge >= 0.3 is 5.97 Å². The van der Waals surface area contributed by atoms with Crippen LogP contribution >= 0.6 is 0 Å². The van der Waals surface area contributed by atoms with Crippen molar-refractivity contribution in [2.45, 2.75) is 18.0 Å². The van der Waals surface area contributed by atoms with Gasteiger partial charge in [0.25, 0.3) is 0 Å². The summed E-state index contributed by atoms with van der Waals surface area (Å²) < 4.78 is 19.0. The van der Waals surface area contributed by atoms with Crippen molar-refractivity contribution in [1.82, 2.24) is 20.2 Å². The number of phenolic OH excluding ortho intramolecular Hbond substituents is 1. The van der Waals surface area contributed by atoms with E-state index >= 15 is 0 Å². The number of halogens is 1. The number of imidazole rings is 1. The number of hydrogen-bond acceptors (Lipinski definition) is 7. The number of methoxy groups -OCH3 is 1. The molecule has 0 aliphatic carbocycles. The Balaban J connectivity index is 1.90. The van der Waals surface area contributed by atoms with Gasteiger partial charge in [-0.15, -0.1) is 0 Å². The van der Waals surface area contributed by atoms with Crippen molar-refractivity contribution in [1.29, 1.82) is 0 Å². The highest BCUT2D eigenvalue weighted by Gasteiger charge is 2.68. The van der Waals surface area contributed by atoms with Gasteiger partial charge in [0.15, 0.2) is 11.6 Å². The van der Waals surface area contributed by atoms with E-state index in [1.807, 2.05) is 0 Å². The number of phenols is 1. The minimum absolute atomic E-state index is 0.0136. The zero-order chi connectivity index (χ0) is 20.9. The number of aromatic nitrogens is 2. The molecule has 2 fully saturated rings.